The molecule has 5 rings (SSSR count). The molecule has 1 amide bonds. The van der Waals surface area contributed by atoms with Crippen LogP contribution in [0.5, 0.6) is 0 Å². The highest BCUT2D eigenvalue weighted by Crippen LogP contribution is 2.55. The molecule has 31 heavy (non-hydrogen) atoms. The SMILES string of the molecule is Cc1cc(C)cc(SCC(=O)Nc2cccc3c2[C@]2(CCc4cccc(C)c42)CC3)c1. The van der Waals surface area contributed by atoms with Gasteiger partial charge in [-0.3, -0.25) is 4.79 Å². The van der Waals surface area contributed by atoms with Gasteiger partial charge in [0.25, 0.3) is 0 Å². The monoisotopic (exact) mass is 427 g/mol. The number of benzene rings is 3. The summed E-state index contributed by atoms with van der Waals surface area (Å²) in [6.07, 6.45) is 4.50. The summed E-state index contributed by atoms with van der Waals surface area (Å²) >= 11 is 1.61. The van der Waals surface area contributed by atoms with Crippen molar-refractivity contribution in [3.63, 3.8) is 0 Å². The summed E-state index contributed by atoms with van der Waals surface area (Å²) in [4.78, 5) is 14.1. The van der Waals surface area contributed by atoms with Crippen LogP contribution in [0.25, 0.3) is 0 Å². The first-order valence-corrected chi connectivity index (χ1v) is 12.2. The standard InChI is InChI=1S/C28H29NOS/c1-18-14-19(2)16-23(15-18)31-17-25(30)29-24-9-5-8-22-11-13-28(27(22)24)12-10-21-7-4-6-20(3)26(21)28/h4-9,14-16H,10-13,17H2,1-3H3,(H,29,30)/t28-/m1/s1. The van der Waals surface area contributed by atoms with Crippen LogP contribution in [0, 0.1) is 20.8 Å². The highest BCUT2D eigenvalue weighted by molar-refractivity contribution is 8.00. The van der Waals surface area contributed by atoms with E-state index in [0.717, 1.165) is 36.3 Å². The van der Waals surface area contributed by atoms with Crippen molar-refractivity contribution < 1.29 is 4.79 Å². The molecule has 0 unspecified atom stereocenters. The van der Waals surface area contributed by atoms with E-state index in [4.69, 9.17) is 0 Å². The number of fused-ring (bicyclic) bond motifs is 4. The van der Waals surface area contributed by atoms with Crippen LogP contribution in [0.3, 0.4) is 0 Å². The second kappa shape index (κ2) is 7.87. The summed E-state index contributed by atoms with van der Waals surface area (Å²) in [6.45, 7) is 6.45. The highest BCUT2D eigenvalue weighted by Gasteiger charge is 2.46. The van der Waals surface area contributed by atoms with Gasteiger partial charge in [0.2, 0.25) is 5.91 Å². The van der Waals surface area contributed by atoms with Gasteiger partial charge in [0, 0.05) is 16.0 Å². The maximum Gasteiger partial charge on any atom is 0.234 e. The molecule has 0 saturated carbocycles. The topological polar surface area (TPSA) is 29.1 Å². The molecular formula is C28H29NOS. The number of hydrogen-bond donors (Lipinski definition) is 1. The number of carbonyl (C=O) groups excluding carboxylic acids is 1. The molecule has 3 aromatic rings. The molecule has 158 valence electrons. The molecule has 2 nitrogen and oxygen atoms in total. The summed E-state index contributed by atoms with van der Waals surface area (Å²) in [6, 6.07) is 19.6. The second-order valence-corrected chi connectivity index (χ2v) is 10.2. The predicted octanol–water partition coefficient (Wildman–Crippen LogP) is 6.52. The van der Waals surface area contributed by atoms with Crippen LogP contribution >= 0.6 is 11.8 Å². The molecule has 1 spiro atoms. The van der Waals surface area contributed by atoms with Crippen LogP contribution in [0.1, 0.15) is 51.8 Å². The predicted molar refractivity (Wildman–Crippen MR) is 130 cm³/mol. The van der Waals surface area contributed by atoms with Gasteiger partial charge in [0.1, 0.15) is 0 Å². The van der Waals surface area contributed by atoms with Gasteiger partial charge in [-0.2, -0.15) is 0 Å². The summed E-state index contributed by atoms with van der Waals surface area (Å²) < 4.78 is 0. The number of aryl methyl sites for hydroxylation is 5. The Hall–Kier alpha value is -2.52. The maximum absolute atomic E-state index is 12.9. The van der Waals surface area contributed by atoms with Crippen molar-refractivity contribution in [2.45, 2.75) is 56.8 Å². The van der Waals surface area contributed by atoms with Gasteiger partial charge in [0.15, 0.2) is 0 Å². The molecule has 3 heteroatoms. The van der Waals surface area contributed by atoms with Gasteiger partial charge in [-0.15, -0.1) is 11.8 Å². The lowest BCUT2D eigenvalue weighted by molar-refractivity contribution is -0.113. The molecule has 0 radical (unpaired) electrons. The maximum atomic E-state index is 12.9. The number of anilines is 1. The zero-order chi connectivity index (χ0) is 21.6. The van der Waals surface area contributed by atoms with Crippen molar-refractivity contribution in [3.05, 3.63) is 93.5 Å². The lowest BCUT2D eigenvalue weighted by Gasteiger charge is -2.30. The van der Waals surface area contributed by atoms with Gasteiger partial charge in [0.05, 0.1) is 5.75 Å². The minimum absolute atomic E-state index is 0.0562. The van der Waals surface area contributed by atoms with Crippen molar-refractivity contribution in [3.8, 4) is 0 Å². The van der Waals surface area contributed by atoms with Gasteiger partial charge in [-0.25, -0.2) is 0 Å². The van der Waals surface area contributed by atoms with E-state index in [1.54, 1.807) is 11.8 Å². The molecule has 0 bridgehead atoms. The van der Waals surface area contributed by atoms with Crippen LogP contribution in [-0.2, 0) is 23.1 Å². The number of rotatable bonds is 4. The molecule has 0 saturated heterocycles. The van der Waals surface area contributed by atoms with Crippen molar-refractivity contribution in [2.75, 3.05) is 11.1 Å². The van der Waals surface area contributed by atoms with Crippen molar-refractivity contribution in [1.29, 1.82) is 0 Å². The van der Waals surface area contributed by atoms with Gasteiger partial charge in [-0.05, 0) is 104 Å². The lowest BCUT2D eigenvalue weighted by atomic mass is 9.74. The van der Waals surface area contributed by atoms with E-state index in [9.17, 15) is 4.79 Å². The van der Waals surface area contributed by atoms with Gasteiger partial charge < -0.3 is 5.32 Å². The second-order valence-electron chi connectivity index (χ2n) is 9.19. The molecule has 3 aromatic carbocycles. The normalized spacial score (nSPS) is 18.8. The fraction of sp³-hybridized carbons (Fsp3) is 0.321. The molecule has 2 aliphatic rings. The Morgan fingerprint density at radius 1 is 0.903 bits per heavy atom. The first kappa shape index (κ1) is 20.4. The van der Waals surface area contributed by atoms with Crippen molar-refractivity contribution in [1.82, 2.24) is 0 Å². The van der Waals surface area contributed by atoms with E-state index < -0.39 is 0 Å². The third-order valence-electron chi connectivity index (χ3n) is 6.95. The number of nitrogens with one attached hydrogen (secondary N) is 1. The van der Waals surface area contributed by atoms with Crippen LogP contribution in [0.4, 0.5) is 5.69 Å². The Labute approximate surface area is 189 Å². The number of amides is 1. The van der Waals surface area contributed by atoms with Crippen LogP contribution in [0.2, 0.25) is 0 Å². The molecule has 1 N–H and O–H groups in total. The van der Waals surface area contributed by atoms with E-state index in [2.05, 4.69) is 80.7 Å². The number of carbonyl (C=O) groups is 1. The molecule has 0 fully saturated rings. The van der Waals surface area contributed by atoms with Crippen LogP contribution in [0.15, 0.2) is 59.5 Å². The van der Waals surface area contributed by atoms with E-state index in [1.807, 2.05) is 0 Å². The van der Waals surface area contributed by atoms with Crippen LogP contribution in [-0.4, -0.2) is 11.7 Å². The van der Waals surface area contributed by atoms with Crippen LogP contribution < -0.4 is 5.32 Å². The van der Waals surface area contributed by atoms with Gasteiger partial charge >= 0.3 is 0 Å². The lowest BCUT2D eigenvalue weighted by Crippen LogP contribution is -2.25. The third-order valence-corrected chi connectivity index (χ3v) is 7.92. The van der Waals surface area contributed by atoms with Crippen molar-refractivity contribution >= 4 is 23.4 Å². The summed E-state index contributed by atoms with van der Waals surface area (Å²) in [5.74, 6) is 0.498. The smallest absolute Gasteiger partial charge is 0.234 e. The number of hydrogen-bond acceptors (Lipinski definition) is 2. The Kier molecular flexibility index (Phi) is 5.18. The fourth-order valence-electron chi connectivity index (χ4n) is 5.90. The zero-order valence-corrected chi connectivity index (χ0v) is 19.4. The van der Waals surface area contributed by atoms with E-state index in [1.165, 1.54) is 38.9 Å². The quantitative estimate of drug-likeness (QED) is 0.480. The zero-order valence-electron chi connectivity index (χ0n) is 18.5. The number of thioether (sulfide) groups is 1. The summed E-state index contributed by atoms with van der Waals surface area (Å²) in [5, 5.41) is 3.28. The molecule has 1 atom stereocenters. The van der Waals surface area contributed by atoms with E-state index >= 15 is 0 Å². The fourth-order valence-corrected chi connectivity index (χ4v) is 6.81. The van der Waals surface area contributed by atoms with Gasteiger partial charge in [-0.1, -0.05) is 36.4 Å². The Bertz CT molecular complexity index is 1160. The van der Waals surface area contributed by atoms with E-state index in [0.29, 0.717) is 5.75 Å². The summed E-state index contributed by atoms with van der Waals surface area (Å²) in [7, 11) is 0. The Balaban J connectivity index is 1.42. The highest BCUT2D eigenvalue weighted by atomic mass is 32.2. The average molecular weight is 428 g/mol. The molecule has 0 aromatic heterocycles. The Morgan fingerprint density at radius 3 is 2.26 bits per heavy atom. The summed E-state index contributed by atoms with van der Waals surface area (Å²) in [5.41, 5.74) is 10.7. The first-order valence-electron chi connectivity index (χ1n) is 11.2. The molecule has 0 aliphatic heterocycles. The minimum atomic E-state index is 0.0562. The molecule has 0 heterocycles. The molecule has 2 aliphatic carbocycles. The van der Waals surface area contributed by atoms with E-state index in [-0.39, 0.29) is 11.3 Å². The third kappa shape index (κ3) is 3.59. The largest absolute Gasteiger partial charge is 0.325 e. The average Bonchev–Trinajstić information content (AvgIpc) is 3.29. The molecular weight excluding hydrogens is 398 g/mol. The van der Waals surface area contributed by atoms with Crippen molar-refractivity contribution in [2.24, 2.45) is 0 Å². The first-order chi connectivity index (χ1) is 15.0. The minimum Gasteiger partial charge on any atom is -0.325 e. The Morgan fingerprint density at radius 2 is 1.55 bits per heavy atom.